The predicted octanol–water partition coefficient (Wildman–Crippen LogP) is 3.30. The maximum atomic E-state index is 11.5. The molecule has 0 spiro atoms. The first kappa shape index (κ1) is 22.1. The summed E-state index contributed by atoms with van der Waals surface area (Å²) in [4.78, 5) is 7.13. The third kappa shape index (κ3) is 5.57. The van der Waals surface area contributed by atoms with Crippen molar-refractivity contribution in [2.24, 2.45) is 11.8 Å². The second-order valence-electron chi connectivity index (χ2n) is 8.68. The predicted molar refractivity (Wildman–Crippen MR) is 116 cm³/mol. The Morgan fingerprint density at radius 3 is 2.58 bits per heavy atom. The molecule has 2 saturated heterocycles. The zero-order valence-electron chi connectivity index (χ0n) is 18.2. The van der Waals surface area contributed by atoms with E-state index in [1.165, 1.54) is 6.26 Å². The fourth-order valence-electron chi connectivity index (χ4n) is 4.30. The van der Waals surface area contributed by atoms with Gasteiger partial charge in [-0.1, -0.05) is 6.92 Å². The number of aromatic nitrogens is 2. The van der Waals surface area contributed by atoms with Gasteiger partial charge in [0.15, 0.2) is 9.84 Å². The number of hydrogen-bond donors (Lipinski definition) is 0. The Hall–Kier alpha value is -2.13. The minimum Gasteiger partial charge on any atom is -0.494 e. The molecule has 0 N–H and O–H groups in total. The van der Waals surface area contributed by atoms with E-state index in [1.807, 2.05) is 0 Å². The lowest BCUT2D eigenvalue weighted by atomic mass is 9.84. The summed E-state index contributed by atoms with van der Waals surface area (Å²) < 4.78 is 39.8. The summed E-state index contributed by atoms with van der Waals surface area (Å²) in [6.45, 7) is 6.21. The summed E-state index contributed by atoms with van der Waals surface area (Å²) in [6.07, 6.45) is 5.32. The molecule has 8 nitrogen and oxygen atoms in total. The van der Waals surface area contributed by atoms with Gasteiger partial charge in [-0.3, -0.25) is 0 Å². The fourth-order valence-corrected chi connectivity index (χ4v) is 4.93. The monoisotopic (exact) mass is 449 g/mol. The first-order valence-corrected chi connectivity index (χ1v) is 12.9. The van der Waals surface area contributed by atoms with Crippen LogP contribution in [-0.2, 0) is 14.6 Å². The lowest BCUT2D eigenvalue weighted by Crippen LogP contribution is -2.36. The Labute approximate surface area is 183 Å². The van der Waals surface area contributed by atoms with Crippen molar-refractivity contribution in [2.45, 2.75) is 43.4 Å². The lowest BCUT2D eigenvalue weighted by Gasteiger charge is -2.34. The number of benzene rings is 1. The molecule has 31 heavy (non-hydrogen) atoms. The van der Waals surface area contributed by atoms with E-state index in [2.05, 4.69) is 22.0 Å². The molecule has 9 heteroatoms. The van der Waals surface area contributed by atoms with Gasteiger partial charge in [-0.05, 0) is 66.9 Å². The summed E-state index contributed by atoms with van der Waals surface area (Å²) >= 11 is 0. The number of rotatable bonds is 8. The topological polar surface area (TPSA) is 94.8 Å². The van der Waals surface area contributed by atoms with Crippen molar-refractivity contribution < 1.29 is 22.4 Å². The fraction of sp³-hybridized carbons (Fsp3) is 0.636. The molecular weight excluding hydrogens is 418 g/mol. The highest BCUT2D eigenvalue weighted by molar-refractivity contribution is 7.90. The van der Waals surface area contributed by atoms with Crippen LogP contribution >= 0.6 is 0 Å². The van der Waals surface area contributed by atoms with Gasteiger partial charge in [-0.2, -0.15) is 4.98 Å². The Bertz CT molecular complexity index is 946. The van der Waals surface area contributed by atoms with Crippen LogP contribution < -0.4 is 9.64 Å². The molecule has 2 unspecified atom stereocenters. The molecule has 0 aliphatic carbocycles. The second-order valence-corrected chi connectivity index (χ2v) is 10.7. The third-order valence-electron chi connectivity index (χ3n) is 6.43. The van der Waals surface area contributed by atoms with Gasteiger partial charge in [0.1, 0.15) is 5.75 Å². The van der Waals surface area contributed by atoms with Crippen LogP contribution in [0.2, 0.25) is 0 Å². The van der Waals surface area contributed by atoms with Gasteiger partial charge in [0, 0.05) is 26.0 Å². The van der Waals surface area contributed by atoms with Crippen LogP contribution in [0.1, 0.15) is 44.4 Å². The zero-order chi connectivity index (χ0) is 21.8. The summed E-state index contributed by atoms with van der Waals surface area (Å²) in [6, 6.07) is 6.62. The molecule has 1 aromatic carbocycles. The van der Waals surface area contributed by atoms with Crippen LogP contribution in [0, 0.1) is 11.8 Å². The van der Waals surface area contributed by atoms with E-state index in [0.29, 0.717) is 47.5 Å². The molecule has 2 aliphatic heterocycles. The second kappa shape index (κ2) is 9.56. The van der Waals surface area contributed by atoms with Gasteiger partial charge < -0.3 is 18.9 Å². The quantitative estimate of drug-likeness (QED) is 0.606. The molecule has 2 aliphatic rings. The van der Waals surface area contributed by atoms with Crippen molar-refractivity contribution in [3.05, 3.63) is 30.2 Å². The highest BCUT2D eigenvalue weighted by Gasteiger charge is 2.28. The van der Waals surface area contributed by atoms with E-state index in [0.717, 1.165) is 45.4 Å². The SMILES string of the molecule is CC(CCOc1ccc(S(C)(=O)=O)cc1)C1CCN(c2noc(C3CCOC3)n2)CC1. The lowest BCUT2D eigenvalue weighted by molar-refractivity contribution is 0.189. The number of hydrogen-bond acceptors (Lipinski definition) is 8. The van der Waals surface area contributed by atoms with Crippen molar-refractivity contribution in [1.82, 2.24) is 10.1 Å². The van der Waals surface area contributed by atoms with Crippen LogP contribution in [0.4, 0.5) is 5.95 Å². The molecule has 0 saturated carbocycles. The van der Waals surface area contributed by atoms with E-state index in [9.17, 15) is 8.42 Å². The maximum Gasteiger partial charge on any atom is 0.266 e. The van der Waals surface area contributed by atoms with Gasteiger partial charge in [-0.15, -0.1) is 0 Å². The minimum absolute atomic E-state index is 0.237. The van der Waals surface area contributed by atoms with Gasteiger partial charge in [0.25, 0.3) is 5.95 Å². The number of piperidine rings is 1. The molecule has 0 amide bonds. The average Bonchev–Trinajstić information content (AvgIpc) is 3.45. The number of anilines is 1. The first-order valence-electron chi connectivity index (χ1n) is 11.0. The molecule has 2 fully saturated rings. The number of nitrogens with zero attached hydrogens (tertiary/aromatic N) is 3. The molecule has 2 aromatic rings. The summed E-state index contributed by atoms with van der Waals surface area (Å²) in [5, 5.41) is 4.19. The molecular formula is C22H31N3O5S. The summed E-state index contributed by atoms with van der Waals surface area (Å²) in [7, 11) is -3.18. The smallest absolute Gasteiger partial charge is 0.266 e. The van der Waals surface area contributed by atoms with Crippen molar-refractivity contribution in [1.29, 1.82) is 0 Å². The van der Waals surface area contributed by atoms with Gasteiger partial charge in [-0.25, -0.2) is 8.42 Å². The van der Waals surface area contributed by atoms with Crippen molar-refractivity contribution in [2.75, 3.05) is 44.1 Å². The molecule has 0 radical (unpaired) electrons. The molecule has 1 aromatic heterocycles. The van der Waals surface area contributed by atoms with E-state index in [4.69, 9.17) is 14.0 Å². The Balaban J connectivity index is 1.20. The normalized spacial score (nSPS) is 21.4. The van der Waals surface area contributed by atoms with Crippen LogP contribution in [0.25, 0.3) is 0 Å². The zero-order valence-corrected chi connectivity index (χ0v) is 19.0. The molecule has 3 heterocycles. The first-order chi connectivity index (χ1) is 14.9. The largest absolute Gasteiger partial charge is 0.494 e. The minimum atomic E-state index is -3.18. The van der Waals surface area contributed by atoms with Gasteiger partial charge in [0.2, 0.25) is 5.89 Å². The van der Waals surface area contributed by atoms with Crippen LogP contribution in [0.5, 0.6) is 5.75 Å². The number of sulfone groups is 1. The maximum absolute atomic E-state index is 11.5. The third-order valence-corrected chi connectivity index (χ3v) is 7.56. The van der Waals surface area contributed by atoms with Crippen molar-refractivity contribution in [3.8, 4) is 5.75 Å². The van der Waals surface area contributed by atoms with Crippen molar-refractivity contribution in [3.63, 3.8) is 0 Å². The Morgan fingerprint density at radius 2 is 1.94 bits per heavy atom. The average molecular weight is 450 g/mol. The Morgan fingerprint density at radius 1 is 1.19 bits per heavy atom. The van der Waals surface area contributed by atoms with E-state index >= 15 is 0 Å². The molecule has 0 bridgehead atoms. The Kier molecular flexibility index (Phi) is 6.81. The van der Waals surface area contributed by atoms with E-state index in [1.54, 1.807) is 24.3 Å². The van der Waals surface area contributed by atoms with Crippen LogP contribution in [0.15, 0.2) is 33.7 Å². The van der Waals surface area contributed by atoms with E-state index < -0.39 is 9.84 Å². The van der Waals surface area contributed by atoms with Crippen molar-refractivity contribution >= 4 is 15.8 Å². The van der Waals surface area contributed by atoms with E-state index in [-0.39, 0.29) is 5.92 Å². The highest BCUT2D eigenvalue weighted by atomic mass is 32.2. The van der Waals surface area contributed by atoms with Crippen LogP contribution in [0.3, 0.4) is 0 Å². The molecule has 2 atom stereocenters. The van der Waals surface area contributed by atoms with Crippen LogP contribution in [-0.4, -0.2) is 57.7 Å². The summed E-state index contributed by atoms with van der Waals surface area (Å²) in [5.74, 6) is 3.53. The highest BCUT2D eigenvalue weighted by Crippen LogP contribution is 2.30. The molecule has 4 rings (SSSR count). The van der Waals surface area contributed by atoms with Gasteiger partial charge in [0.05, 0.1) is 24.0 Å². The standard InChI is InChI=1S/C22H31N3O5S/c1-16(9-14-29-19-3-5-20(6-4-19)31(2,26)27)17-7-11-25(12-8-17)22-23-21(30-24-22)18-10-13-28-15-18/h3-6,16-18H,7-15H2,1-2H3. The number of ether oxygens (including phenoxy) is 2. The molecule has 170 valence electrons. The summed E-state index contributed by atoms with van der Waals surface area (Å²) in [5.41, 5.74) is 0. The van der Waals surface area contributed by atoms with Gasteiger partial charge >= 0.3 is 0 Å².